The molecular formula is C19H18BN3O2. The van der Waals surface area contributed by atoms with E-state index in [1.807, 2.05) is 30.3 Å². The number of nitrogens with two attached hydrogens (primary N) is 1. The molecule has 1 aromatic heterocycles. The molecule has 6 heteroatoms. The van der Waals surface area contributed by atoms with Gasteiger partial charge in [-0.1, -0.05) is 30.3 Å². The number of benzene rings is 2. The zero-order valence-electron chi connectivity index (χ0n) is 13.7. The highest BCUT2D eigenvalue weighted by Crippen LogP contribution is 2.27. The number of rotatable bonds is 3. The summed E-state index contributed by atoms with van der Waals surface area (Å²) >= 11 is 0. The van der Waals surface area contributed by atoms with Crippen molar-refractivity contribution >= 4 is 29.2 Å². The van der Waals surface area contributed by atoms with Crippen molar-refractivity contribution in [3.05, 3.63) is 60.8 Å². The lowest BCUT2D eigenvalue weighted by Crippen LogP contribution is -2.45. The minimum absolute atomic E-state index is 0.0234. The first kappa shape index (κ1) is 15.8. The average molecular weight is 331 g/mol. The summed E-state index contributed by atoms with van der Waals surface area (Å²) in [5, 5.41) is 19.3. The smallest absolute Gasteiger partial charge is 0.423 e. The van der Waals surface area contributed by atoms with Crippen LogP contribution in [0.15, 0.2) is 55.3 Å². The van der Waals surface area contributed by atoms with Gasteiger partial charge in [0.1, 0.15) is 0 Å². The third-order valence-electron chi connectivity index (χ3n) is 4.61. The predicted molar refractivity (Wildman–Crippen MR) is 100 cm³/mol. The molecule has 124 valence electrons. The van der Waals surface area contributed by atoms with Gasteiger partial charge in [0.2, 0.25) is 0 Å². The van der Waals surface area contributed by atoms with Gasteiger partial charge in [0.25, 0.3) is 0 Å². The molecule has 0 spiro atoms. The maximum absolute atomic E-state index is 10.3. The molecule has 0 bridgehead atoms. The Morgan fingerprint density at radius 1 is 1.28 bits per heavy atom. The molecule has 3 N–H and O–H groups in total. The van der Waals surface area contributed by atoms with Crippen LogP contribution in [0.2, 0.25) is 0 Å². The van der Waals surface area contributed by atoms with E-state index >= 15 is 0 Å². The van der Waals surface area contributed by atoms with E-state index in [4.69, 9.17) is 10.4 Å². The molecule has 1 atom stereocenters. The lowest BCUT2D eigenvalue weighted by molar-refractivity contribution is 0.168. The topological polar surface area (TPSA) is 81.3 Å². The van der Waals surface area contributed by atoms with E-state index in [2.05, 4.69) is 28.9 Å². The molecular weight excluding hydrogens is 313 g/mol. The molecule has 0 saturated heterocycles. The van der Waals surface area contributed by atoms with E-state index in [-0.39, 0.29) is 6.10 Å². The van der Waals surface area contributed by atoms with Crippen molar-refractivity contribution in [2.24, 2.45) is 0 Å². The minimum Gasteiger partial charge on any atom is -0.423 e. The normalized spacial score (nSPS) is 16.7. The molecule has 0 saturated carbocycles. The van der Waals surface area contributed by atoms with Crippen molar-refractivity contribution in [1.82, 2.24) is 10.2 Å². The van der Waals surface area contributed by atoms with E-state index in [9.17, 15) is 5.02 Å². The predicted octanol–water partition coefficient (Wildman–Crippen LogP) is 2.08. The van der Waals surface area contributed by atoms with Crippen molar-refractivity contribution < 1.29 is 9.68 Å². The van der Waals surface area contributed by atoms with Crippen molar-refractivity contribution in [2.75, 3.05) is 5.73 Å². The zero-order valence-corrected chi connectivity index (χ0v) is 13.7. The number of fused-ring (bicyclic) bond motifs is 2. The van der Waals surface area contributed by atoms with Gasteiger partial charge in [0.15, 0.2) is 0 Å². The minimum atomic E-state index is -0.912. The van der Waals surface area contributed by atoms with Crippen LogP contribution in [0.5, 0.6) is 0 Å². The summed E-state index contributed by atoms with van der Waals surface area (Å²) < 4.78 is 5.68. The summed E-state index contributed by atoms with van der Waals surface area (Å²) in [7, 11) is -0.912. The second kappa shape index (κ2) is 6.31. The summed E-state index contributed by atoms with van der Waals surface area (Å²) in [5.41, 5.74) is 11.2. The molecule has 2 heterocycles. The molecule has 2 aromatic carbocycles. The Labute approximate surface area is 146 Å². The van der Waals surface area contributed by atoms with Crippen molar-refractivity contribution in [1.29, 1.82) is 0 Å². The quantitative estimate of drug-likeness (QED) is 0.567. The monoisotopic (exact) mass is 331 g/mol. The number of aromatic nitrogens is 2. The van der Waals surface area contributed by atoms with Crippen molar-refractivity contribution in [3.8, 4) is 11.1 Å². The van der Waals surface area contributed by atoms with Crippen LogP contribution < -0.4 is 11.2 Å². The van der Waals surface area contributed by atoms with E-state index < -0.39 is 7.12 Å². The molecule has 3 aromatic rings. The Morgan fingerprint density at radius 3 is 2.92 bits per heavy atom. The van der Waals surface area contributed by atoms with Gasteiger partial charge >= 0.3 is 7.12 Å². The molecule has 1 aliphatic rings. The fourth-order valence-corrected chi connectivity index (χ4v) is 3.32. The van der Waals surface area contributed by atoms with Crippen LogP contribution in [-0.4, -0.2) is 28.4 Å². The Balaban J connectivity index is 1.73. The fraction of sp³-hybridized carbons (Fsp3) is 0.158. The Bertz CT molecular complexity index is 961. The number of anilines is 1. The lowest BCUT2D eigenvalue weighted by atomic mass is 9.71. The van der Waals surface area contributed by atoms with E-state index in [1.54, 1.807) is 6.20 Å². The molecule has 5 nitrogen and oxygen atoms in total. The third kappa shape index (κ3) is 2.90. The summed E-state index contributed by atoms with van der Waals surface area (Å²) in [6.07, 6.45) is 4.85. The molecule has 1 unspecified atom stereocenters. The van der Waals surface area contributed by atoms with Gasteiger partial charge in [0, 0.05) is 5.39 Å². The van der Waals surface area contributed by atoms with Crippen LogP contribution in [0, 0.1) is 0 Å². The van der Waals surface area contributed by atoms with Crippen LogP contribution in [0.3, 0.4) is 0 Å². The number of hydrogen-bond acceptors (Lipinski definition) is 5. The molecule has 0 radical (unpaired) electrons. The van der Waals surface area contributed by atoms with Gasteiger partial charge in [0.05, 0.1) is 23.5 Å². The summed E-state index contributed by atoms with van der Waals surface area (Å²) in [6.45, 7) is 3.74. The average Bonchev–Trinajstić information content (AvgIpc) is 2.62. The molecule has 1 aliphatic heterocycles. The van der Waals surface area contributed by atoms with Gasteiger partial charge < -0.3 is 15.4 Å². The number of nitrogen functional groups attached to an aromatic ring is 1. The summed E-state index contributed by atoms with van der Waals surface area (Å²) in [5.74, 6) is 0. The van der Waals surface area contributed by atoms with Gasteiger partial charge in [-0.05, 0) is 47.1 Å². The highest BCUT2D eigenvalue weighted by Gasteiger charge is 2.30. The maximum Gasteiger partial charge on any atom is 0.491 e. The van der Waals surface area contributed by atoms with E-state index in [1.165, 1.54) is 0 Å². The molecule has 25 heavy (non-hydrogen) atoms. The van der Waals surface area contributed by atoms with Crippen LogP contribution in [0.4, 0.5) is 5.69 Å². The summed E-state index contributed by atoms with van der Waals surface area (Å²) in [6, 6.07) is 12.0. The zero-order chi connectivity index (χ0) is 17.4. The highest BCUT2D eigenvalue weighted by atomic mass is 16.5. The van der Waals surface area contributed by atoms with Crippen molar-refractivity contribution in [3.63, 3.8) is 0 Å². The van der Waals surface area contributed by atoms with Gasteiger partial charge in [-0.2, -0.15) is 10.2 Å². The van der Waals surface area contributed by atoms with Crippen molar-refractivity contribution in [2.45, 2.75) is 18.9 Å². The van der Waals surface area contributed by atoms with Gasteiger partial charge in [-0.25, -0.2) is 0 Å². The summed E-state index contributed by atoms with van der Waals surface area (Å²) in [4.78, 5) is 0. The van der Waals surface area contributed by atoms with E-state index in [0.717, 1.165) is 45.9 Å². The highest BCUT2D eigenvalue weighted by molar-refractivity contribution is 6.61. The van der Waals surface area contributed by atoms with Crippen LogP contribution in [0.25, 0.3) is 22.0 Å². The molecule has 4 rings (SSSR count). The maximum atomic E-state index is 10.3. The first-order valence-electron chi connectivity index (χ1n) is 8.24. The SMILES string of the molecule is C=CCC1Cc2ccc(-c3ccc4c(N)cnnc4c3)cc2B(O)O1. The Morgan fingerprint density at radius 2 is 2.08 bits per heavy atom. The molecule has 0 fully saturated rings. The van der Waals surface area contributed by atoms with Crippen LogP contribution in [-0.2, 0) is 11.1 Å². The largest absolute Gasteiger partial charge is 0.491 e. The van der Waals surface area contributed by atoms with E-state index in [0.29, 0.717) is 5.69 Å². The molecule has 0 aliphatic carbocycles. The second-order valence-corrected chi connectivity index (χ2v) is 6.28. The first-order valence-corrected chi connectivity index (χ1v) is 8.24. The van der Waals surface area contributed by atoms with Gasteiger partial charge in [-0.15, -0.1) is 6.58 Å². The number of hydrogen-bond donors (Lipinski definition) is 2. The molecule has 0 amide bonds. The lowest BCUT2D eigenvalue weighted by Gasteiger charge is -2.27. The van der Waals surface area contributed by atoms with Crippen LogP contribution >= 0.6 is 0 Å². The Kier molecular flexibility index (Phi) is 3.99. The van der Waals surface area contributed by atoms with Gasteiger partial charge in [-0.3, -0.25) is 0 Å². The van der Waals surface area contributed by atoms with Crippen LogP contribution in [0.1, 0.15) is 12.0 Å². The Hall–Kier alpha value is -2.70. The number of nitrogens with zero attached hydrogens (tertiary/aromatic N) is 2. The second-order valence-electron chi connectivity index (χ2n) is 6.28. The fourth-order valence-electron chi connectivity index (χ4n) is 3.32. The first-order chi connectivity index (χ1) is 12.2. The standard InChI is InChI=1S/C19H18BN3O2/c1-2-3-15-8-14-5-4-12(9-17(14)20(24)25-15)13-6-7-16-18(21)11-22-23-19(16)10-13/h2,4-7,9-11,15,24H,1,3,8H2,(H2,21,23). The third-order valence-corrected chi connectivity index (χ3v) is 4.61.